The summed E-state index contributed by atoms with van der Waals surface area (Å²) in [6.45, 7) is 6.10. The summed E-state index contributed by atoms with van der Waals surface area (Å²) >= 11 is 0. The van der Waals surface area contributed by atoms with E-state index in [2.05, 4.69) is 10.3 Å². The first-order chi connectivity index (χ1) is 13.0. The normalized spacial score (nSPS) is 12.1. The minimum absolute atomic E-state index is 0.00541. The Balaban J connectivity index is 1.78. The number of nitrogens with zero attached hydrogens (tertiary/aromatic N) is 2. The van der Waals surface area contributed by atoms with Gasteiger partial charge in [0.05, 0.1) is 0 Å². The van der Waals surface area contributed by atoms with Crippen molar-refractivity contribution < 1.29 is 9.59 Å². The number of ketones is 1. The highest BCUT2D eigenvalue weighted by Crippen LogP contribution is 2.26. The number of amides is 1. The van der Waals surface area contributed by atoms with Crippen LogP contribution in [0.4, 0.5) is 0 Å². The minimum Gasteiger partial charge on any atom is -0.354 e. The summed E-state index contributed by atoms with van der Waals surface area (Å²) in [6, 6.07) is 11.3. The molecule has 1 aromatic carbocycles. The molecule has 140 valence electrons. The van der Waals surface area contributed by atoms with E-state index in [1.165, 1.54) is 0 Å². The van der Waals surface area contributed by atoms with Crippen LogP contribution in [0.3, 0.4) is 0 Å². The van der Waals surface area contributed by atoms with Crippen LogP contribution in [0.2, 0.25) is 0 Å². The van der Waals surface area contributed by atoms with Gasteiger partial charge in [-0.15, -0.1) is 0 Å². The largest absolute Gasteiger partial charge is 0.354 e. The number of nitrogens with one attached hydrogen (secondary N) is 1. The molecule has 5 heteroatoms. The predicted octanol–water partition coefficient (Wildman–Crippen LogP) is 3.86. The molecule has 2 aromatic heterocycles. The van der Waals surface area contributed by atoms with Crippen LogP contribution in [0.5, 0.6) is 0 Å². The Kier molecular flexibility index (Phi) is 5.69. The van der Waals surface area contributed by atoms with Crippen molar-refractivity contribution in [2.24, 2.45) is 0 Å². The number of carbonyl (C=O) groups excluding carboxylic acids is 2. The number of benzene rings is 1. The Morgan fingerprint density at radius 3 is 2.67 bits per heavy atom. The molecule has 0 unspecified atom stereocenters. The van der Waals surface area contributed by atoms with Gasteiger partial charge in [-0.2, -0.15) is 0 Å². The van der Waals surface area contributed by atoms with Gasteiger partial charge in [0.15, 0.2) is 5.78 Å². The number of hydrogen-bond acceptors (Lipinski definition) is 3. The Labute approximate surface area is 159 Å². The number of fused-ring (bicyclic) bond motifs is 1. The molecule has 0 aliphatic heterocycles. The maximum atomic E-state index is 12.8. The van der Waals surface area contributed by atoms with Gasteiger partial charge in [-0.3, -0.25) is 14.6 Å². The lowest BCUT2D eigenvalue weighted by Crippen LogP contribution is -2.33. The summed E-state index contributed by atoms with van der Waals surface area (Å²) < 4.78 is 1.92. The van der Waals surface area contributed by atoms with Gasteiger partial charge in [-0.25, -0.2) is 0 Å². The molecule has 1 amide bonds. The van der Waals surface area contributed by atoms with Crippen molar-refractivity contribution >= 4 is 22.6 Å². The van der Waals surface area contributed by atoms with E-state index < -0.39 is 0 Å². The smallest absolute Gasteiger partial charge is 0.243 e. The molecule has 0 saturated carbocycles. The maximum Gasteiger partial charge on any atom is 0.243 e. The first-order valence-corrected chi connectivity index (χ1v) is 9.31. The second-order valence-corrected chi connectivity index (χ2v) is 6.76. The van der Waals surface area contributed by atoms with Crippen LogP contribution in [0.25, 0.3) is 10.9 Å². The SMILES string of the molecule is CC[C@@H](C(=O)NCCc1ncccc1C)n1cc(C(C)=O)c2ccccc21. The number of carbonyl (C=O) groups is 2. The average molecular weight is 363 g/mol. The molecule has 27 heavy (non-hydrogen) atoms. The van der Waals surface area contributed by atoms with Crippen molar-refractivity contribution in [2.45, 2.75) is 39.7 Å². The van der Waals surface area contributed by atoms with Crippen LogP contribution in [0.1, 0.15) is 47.9 Å². The van der Waals surface area contributed by atoms with Crippen LogP contribution < -0.4 is 5.32 Å². The minimum atomic E-state index is -0.354. The molecule has 0 bridgehead atoms. The number of rotatable bonds is 7. The summed E-state index contributed by atoms with van der Waals surface area (Å²) in [7, 11) is 0. The highest BCUT2D eigenvalue weighted by atomic mass is 16.2. The summed E-state index contributed by atoms with van der Waals surface area (Å²) in [5.41, 5.74) is 3.68. The van der Waals surface area contributed by atoms with E-state index in [0.29, 0.717) is 24.9 Å². The summed E-state index contributed by atoms with van der Waals surface area (Å²) in [6.07, 6.45) is 4.92. The zero-order valence-corrected chi connectivity index (χ0v) is 16.0. The second-order valence-electron chi connectivity index (χ2n) is 6.76. The topological polar surface area (TPSA) is 64.0 Å². The summed E-state index contributed by atoms with van der Waals surface area (Å²) in [5.74, 6) is -0.0345. The standard InChI is InChI=1S/C22H25N3O2/c1-4-20(22(27)24-13-11-19-15(2)8-7-12-23-19)25-14-18(16(3)26)17-9-5-6-10-21(17)25/h5-10,12,14,20H,4,11,13H2,1-3H3,(H,24,27)/t20-/m0/s1. The van der Waals surface area contributed by atoms with E-state index in [1.54, 1.807) is 13.1 Å². The molecule has 2 heterocycles. The van der Waals surface area contributed by atoms with Crippen molar-refractivity contribution in [3.8, 4) is 0 Å². The zero-order chi connectivity index (χ0) is 19.4. The molecule has 0 spiro atoms. The van der Waals surface area contributed by atoms with Crippen LogP contribution in [0, 0.1) is 6.92 Å². The van der Waals surface area contributed by atoms with Gasteiger partial charge in [0.1, 0.15) is 6.04 Å². The fourth-order valence-electron chi connectivity index (χ4n) is 3.45. The van der Waals surface area contributed by atoms with Gasteiger partial charge in [-0.05, 0) is 38.0 Å². The van der Waals surface area contributed by atoms with Crippen molar-refractivity contribution in [1.82, 2.24) is 14.9 Å². The van der Waals surface area contributed by atoms with Crippen molar-refractivity contribution in [1.29, 1.82) is 0 Å². The van der Waals surface area contributed by atoms with Gasteiger partial charge in [0.2, 0.25) is 5.91 Å². The van der Waals surface area contributed by atoms with Crippen molar-refractivity contribution in [3.05, 3.63) is 65.6 Å². The molecule has 0 aliphatic carbocycles. The number of para-hydroxylation sites is 1. The van der Waals surface area contributed by atoms with E-state index in [4.69, 9.17) is 0 Å². The molecule has 5 nitrogen and oxygen atoms in total. The van der Waals surface area contributed by atoms with Crippen LogP contribution in [-0.2, 0) is 11.2 Å². The average Bonchev–Trinajstić information content (AvgIpc) is 3.04. The first-order valence-electron chi connectivity index (χ1n) is 9.31. The lowest BCUT2D eigenvalue weighted by atomic mass is 10.1. The van der Waals surface area contributed by atoms with E-state index in [0.717, 1.165) is 22.2 Å². The van der Waals surface area contributed by atoms with E-state index in [9.17, 15) is 9.59 Å². The lowest BCUT2D eigenvalue weighted by Gasteiger charge is -2.18. The molecule has 1 atom stereocenters. The van der Waals surface area contributed by atoms with E-state index in [1.807, 2.05) is 61.0 Å². The van der Waals surface area contributed by atoms with Gasteiger partial charge < -0.3 is 9.88 Å². The molecule has 1 N–H and O–H groups in total. The second kappa shape index (κ2) is 8.16. The number of hydrogen-bond donors (Lipinski definition) is 1. The highest BCUT2D eigenvalue weighted by Gasteiger charge is 2.22. The summed E-state index contributed by atoms with van der Waals surface area (Å²) in [5, 5.41) is 3.92. The Morgan fingerprint density at radius 1 is 1.19 bits per heavy atom. The number of aryl methyl sites for hydroxylation is 1. The molecule has 3 rings (SSSR count). The van der Waals surface area contributed by atoms with Crippen LogP contribution in [-0.4, -0.2) is 27.8 Å². The number of pyridine rings is 1. The van der Waals surface area contributed by atoms with Gasteiger partial charge in [0, 0.05) is 47.5 Å². The zero-order valence-electron chi connectivity index (χ0n) is 16.0. The van der Waals surface area contributed by atoms with Gasteiger partial charge in [-0.1, -0.05) is 31.2 Å². The molecule has 0 fully saturated rings. The first kappa shape index (κ1) is 18.8. The Hall–Kier alpha value is -2.95. The van der Waals surface area contributed by atoms with Crippen molar-refractivity contribution in [3.63, 3.8) is 0 Å². The number of Topliss-reactive ketones (excluding diaryl/α,β-unsaturated/α-hetero) is 1. The Bertz CT molecular complexity index is 975. The third-order valence-electron chi connectivity index (χ3n) is 4.92. The van der Waals surface area contributed by atoms with Crippen LogP contribution in [0.15, 0.2) is 48.8 Å². The highest BCUT2D eigenvalue weighted by molar-refractivity contribution is 6.07. The predicted molar refractivity (Wildman–Crippen MR) is 107 cm³/mol. The molecular formula is C22H25N3O2. The third-order valence-corrected chi connectivity index (χ3v) is 4.92. The molecule has 0 radical (unpaired) electrons. The fraction of sp³-hybridized carbons (Fsp3) is 0.318. The monoisotopic (exact) mass is 363 g/mol. The van der Waals surface area contributed by atoms with Crippen LogP contribution >= 0.6 is 0 Å². The van der Waals surface area contributed by atoms with Gasteiger partial charge in [0.25, 0.3) is 0 Å². The molecule has 0 aliphatic rings. The van der Waals surface area contributed by atoms with Crippen molar-refractivity contribution in [2.75, 3.05) is 6.54 Å². The fourth-order valence-corrected chi connectivity index (χ4v) is 3.45. The Morgan fingerprint density at radius 2 is 1.96 bits per heavy atom. The molecular weight excluding hydrogens is 338 g/mol. The number of aromatic nitrogens is 2. The van der Waals surface area contributed by atoms with E-state index in [-0.39, 0.29) is 17.7 Å². The maximum absolute atomic E-state index is 12.8. The van der Waals surface area contributed by atoms with E-state index >= 15 is 0 Å². The quantitative estimate of drug-likeness (QED) is 0.648. The summed E-state index contributed by atoms with van der Waals surface area (Å²) in [4.78, 5) is 29.2. The third kappa shape index (κ3) is 3.92. The lowest BCUT2D eigenvalue weighted by molar-refractivity contribution is -0.124. The molecule has 0 saturated heterocycles. The van der Waals surface area contributed by atoms with Gasteiger partial charge >= 0.3 is 0 Å². The molecule has 3 aromatic rings.